The maximum absolute atomic E-state index is 11.8. The zero-order valence-electron chi connectivity index (χ0n) is 9.88. The van der Waals surface area contributed by atoms with Crippen molar-refractivity contribution in [3.8, 4) is 0 Å². The second kappa shape index (κ2) is 8.00. The molecule has 0 aliphatic carbocycles. The molecule has 1 aromatic rings. The highest BCUT2D eigenvalue weighted by Crippen LogP contribution is 2.22. The number of carbonyl (C=O) groups is 1. The van der Waals surface area contributed by atoms with Crippen molar-refractivity contribution < 1.29 is 9.53 Å². The predicted molar refractivity (Wildman–Crippen MR) is 77.8 cm³/mol. The van der Waals surface area contributed by atoms with Crippen LogP contribution in [-0.4, -0.2) is 31.0 Å². The molecule has 0 bridgehead atoms. The maximum Gasteiger partial charge on any atom is 0.224 e. The third-order valence-corrected chi connectivity index (χ3v) is 3.79. The van der Waals surface area contributed by atoms with Crippen LogP contribution in [0.1, 0.15) is 5.56 Å². The van der Waals surface area contributed by atoms with Crippen molar-refractivity contribution in [3.05, 3.63) is 33.8 Å². The molecule has 1 N–H and O–H groups in total. The van der Waals surface area contributed by atoms with Gasteiger partial charge in [0, 0.05) is 12.4 Å². The molecule has 100 valence electrons. The van der Waals surface area contributed by atoms with Crippen LogP contribution in [0.4, 0.5) is 0 Å². The number of rotatable bonds is 6. The Morgan fingerprint density at radius 1 is 1.44 bits per heavy atom. The summed E-state index contributed by atoms with van der Waals surface area (Å²) < 4.78 is 5.00. The van der Waals surface area contributed by atoms with E-state index in [2.05, 4.69) is 21.2 Å². The van der Waals surface area contributed by atoms with Crippen molar-refractivity contribution in [1.29, 1.82) is 0 Å². The van der Waals surface area contributed by atoms with Crippen molar-refractivity contribution in [1.82, 2.24) is 5.32 Å². The van der Waals surface area contributed by atoms with E-state index in [4.69, 9.17) is 27.9 Å². The second-order valence-corrected chi connectivity index (χ2v) is 5.26. The van der Waals surface area contributed by atoms with E-state index in [9.17, 15) is 4.79 Å². The topological polar surface area (TPSA) is 38.3 Å². The van der Waals surface area contributed by atoms with Crippen LogP contribution < -0.4 is 5.32 Å². The summed E-state index contributed by atoms with van der Waals surface area (Å²) >= 11 is 15.0. The summed E-state index contributed by atoms with van der Waals surface area (Å²) in [6, 6.07) is 5.13. The number of hydrogen-bond acceptors (Lipinski definition) is 2. The normalized spacial score (nSPS) is 12.2. The first-order valence-corrected chi connectivity index (χ1v) is 7.22. The van der Waals surface area contributed by atoms with Crippen molar-refractivity contribution in [2.24, 2.45) is 0 Å². The van der Waals surface area contributed by atoms with Crippen molar-refractivity contribution in [2.75, 3.05) is 19.0 Å². The lowest BCUT2D eigenvalue weighted by molar-refractivity contribution is -0.121. The van der Waals surface area contributed by atoms with Gasteiger partial charge in [0.25, 0.3) is 0 Å². The third kappa shape index (κ3) is 5.14. The average Bonchev–Trinajstić information content (AvgIpc) is 2.33. The second-order valence-electron chi connectivity index (χ2n) is 3.80. The highest BCUT2D eigenvalue weighted by atomic mass is 79.9. The molecule has 0 fully saturated rings. The lowest BCUT2D eigenvalue weighted by Gasteiger charge is -2.15. The van der Waals surface area contributed by atoms with Gasteiger partial charge in [-0.3, -0.25) is 4.79 Å². The molecule has 0 aliphatic rings. The molecule has 0 spiro atoms. The average molecular weight is 355 g/mol. The van der Waals surface area contributed by atoms with Gasteiger partial charge in [0.1, 0.15) is 0 Å². The number of halogens is 3. The van der Waals surface area contributed by atoms with E-state index in [1.54, 1.807) is 25.3 Å². The van der Waals surface area contributed by atoms with E-state index in [1.165, 1.54) is 0 Å². The lowest BCUT2D eigenvalue weighted by atomic mass is 10.1. The summed E-state index contributed by atoms with van der Waals surface area (Å²) in [6.07, 6.45) is 0.268. The molecule has 3 nitrogen and oxygen atoms in total. The lowest BCUT2D eigenvalue weighted by Crippen LogP contribution is -2.40. The Hall–Kier alpha value is -0.290. The number of alkyl halides is 1. The molecular weight excluding hydrogens is 341 g/mol. The van der Waals surface area contributed by atoms with Crippen LogP contribution in [0.3, 0.4) is 0 Å². The first-order valence-electron chi connectivity index (χ1n) is 5.35. The SMILES string of the molecule is COCC(CBr)NC(=O)Cc1ccc(Cl)c(Cl)c1. The highest BCUT2D eigenvalue weighted by Gasteiger charge is 2.11. The third-order valence-electron chi connectivity index (χ3n) is 2.27. The Kier molecular flexibility index (Phi) is 7.00. The van der Waals surface area contributed by atoms with Crippen LogP contribution in [0.2, 0.25) is 10.0 Å². The van der Waals surface area contributed by atoms with Gasteiger partial charge in [-0.05, 0) is 17.7 Å². The quantitative estimate of drug-likeness (QED) is 0.797. The van der Waals surface area contributed by atoms with Crippen LogP contribution in [-0.2, 0) is 16.0 Å². The molecule has 0 aromatic heterocycles. The van der Waals surface area contributed by atoms with Crippen molar-refractivity contribution in [2.45, 2.75) is 12.5 Å². The van der Waals surface area contributed by atoms with Gasteiger partial charge in [0.05, 0.1) is 29.1 Å². The highest BCUT2D eigenvalue weighted by molar-refractivity contribution is 9.09. The fourth-order valence-corrected chi connectivity index (χ4v) is 2.11. The number of ether oxygens (including phenoxy) is 1. The van der Waals surface area contributed by atoms with Crippen LogP contribution >= 0.6 is 39.1 Å². The molecule has 6 heteroatoms. The maximum atomic E-state index is 11.8. The Bertz CT molecular complexity index is 415. The molecule has 0 aliphatic heterocycles. The molecule has 1 amide bonds. The first kappa shape index (κ1) is 15.8. The number of carbonyl (C=O) groups excluding carboxylic acids is 1. The minimum absolute atomic E-state index is 0.0368. The first-order chi connectivity index (χ1) is 8.56. The Morgan fingerprint density at radius 2 is 2.17 bits per heavy atom. The van der Waals surface area contributed by atoms with Crippen LogP contribution in [0.15, 0.2) is 18.2 Å². The van der Waals surface area contributed by atoms with E-state index < -0.39 is 0 Å². The van der Waals surface area contributed by atoms with Crippen LogP contribution in [0.25, 0.3) is 0 Å². The molecule has 1 rings (SSSR count). The summed E-state index contributed by atoms with van der Waals surface area (Å²) in [5.41, 5.74) is 0.827. The molecule has 1 aromatic carbocycles. The monoisotopic (exact) mass is 353 g/mol. The van der Waals surface area contributed by atoms with E-state index >= 15 is 0 Å². The van der Waals surface area contributed by atoms with E-state index in [1.807, 2.05) is 0 Å². The number of benzene rings is 1. The summed E-state index contributed by atoms with van der Waals surface area (Å²) in [7, 11) is 1.60. The predicted octanol–water partition coefficient (Wildman–Crippen LogP) is 3.06. The van der Waals surface area contributed by atoms with Gasteiger partial charge in [0.15, 0.2) is 0 Å². The minimum atomic E-state index is -0.0742. The fourth-order valence-electron chi connectivity index (χ4n) is 1.44. The van der Waals surface area contributed by atoms with Crippen molar-refractivity contribution >= 4 is 45.0 Å². The van der Waals surface area contributed by atoms with E-state index in [-0.39, 0.29) is 18.4 Å². The zero-order chi connectivity index (χ0) is 13.5. The Balaban J connectivity index is 2.55. The number of hydrogen-bond donors (Lipinski definition) is 1. The molecule has 0 heterocycles. The number of nitrogens with one attached hydrogen (secondary N) is 1. The van der Waals surface area contributed by atoms with Gasteiger partial charge >= 0.3 is 0 Å². The standard InChI is InChI=1S/C12H14BrCl2NO2/c1-18-7-9(6-13)16-12(17)5-8-2-3-10(14)11(15)4-8/h2-4,9H,5-7H2,1H3,(H,16,17). The molecule has 0 saturated carbocycles. The molecule has 0 radical (unpaired) electrons. The minimum Gasteiger partial charge on any atom is -0.383 e. The van der Waals surface area contributed by atoms with Gasteiger partial charge in [-0.25, -0.2) is 0 Å². The van der Waals surface area contributed by atoms with E-state index in [0.717, 1.165) is 5.56 Å². The Morgan fingerprint density at radius 3 is 2.72 bits per heavy atom. The summed E-state index contributed by atoms with van der Waals surface area (Å²) in [4.78, 5) is 11.8. The van der Waals surface area contributed by atoms with Crippen LogP contribution in [0.5, 0.6) is 0 Å². The van der Waals surface area contributed by atoms with Crippen LogP contribution in [0, 0.1) is 0 Å². The summed E-state index contributed by atoms with van der Waals surface area (Å²) in [6.45, 7) is 0.471. The summed E-state index contributed by atoms with van der Waals surface area (Å²) in [5, 5.41) is 4.45. The molecule has 1 unspecified atom stereocenters. The zero-order valence-corrected chi connectivity index (χ0v) is 13.0. The summed E-state index contributed by atoms with van der Waals surface area (Å²) in [5.74, 6) is -0.0742. The van der Waals surface area contributed by atoms with Gasteiger partial charge in [-0.2, -0.15) is 0 Å². The fraction of sp³-hybridized carbons (Fsp3) is 0.417. The van der Waals surface area contributed by atoms with E-state index in [0.29, 0.717) is 22.0 Å². The molecule has 1 atom stereocenters. The van der Waals surface area contributed by atoms with Gasteiger partial charge in [0.2, 0.25) is 5.91 Å². The van der Waals surface area contributed by atoms with Crippen molar-refractivity contribution in [3.63, 3.8) is 0 Å². The smallest absolute Gasteiger partial charge is 0.224 e. The Labute approximate surface area is 125 Å². The largest absolute Gasteiger partial charge is 0.383 e. The number of methoxy groups -OCH3 is 1. The molecular formula is C12H14BrCl2NO2. The van der Waals surface area contributed by atoms with Gasteiger partial charge in [-0.1, -0.05) is 45.2 Å². The number of amides is 1. The molecule has 0 saturated heterocycles. The molecule has 18 heavy (non-hydrogen) atoms. The van der Waals surface area contributed by atoms with Gasteiger partial charge in [-0.15, -0.1) is 0 Å². The van der Waals surface area contributed by atoms with Gasteiger partial charge < -0.3 is 10.1 Å².